The predicted molar refractivity (Wildman–Crippen MR) is 93.1 cm³/mol. The van der Waals surface area contributed by atoms with Crippen LogP contribution in [0.5, 0.6) is 0 Å². The van der Waals surface area contributed by atoms with Crippen LogP contribution in [0, 0.1) is 18.3 Å². The fourth-order valence-electron chi connectivity index (χ4n) is 1.99. The molecule has 0 saturated heterocycles. The van der Waals surface area contributed by atoms with Crippen molar-refractivity contribution in [2.45, 2.75) is 46.1 Å². The van der Waals surface area contributed by atoms with Gasteiger partial charge in [0.1, 0.15) is 0 Å². The van der Waals surface area contributed by atoms with Gasteiger partial charge in [-0.3, -0.25) is 0 Å². The number of sulfone groups is 1. The average Bonchev–Trinajstić information content (AvgIpc) is 2.41. The Morgan fingerprint density at radius 2 is 1.83 bits per heavy atom. The summed E-state index contributed by atoms with van der Waals surface area (Å²) in [5.74, 6) is 0.467. The third-order valence-corrected chi connectivity index (χ3v) is 5.62. The molecule has 0 atom stereocenters. The lowest BCUT2D eigenvalue weighted by Gasteiger charge is -2.29. The molecule has 0 heterocycles. The van der Waals surface area contributed by atoms with Crippen molar-refractivity contribution in [2.24, 2.45) is 11.3 Å². The van der Waals surface area contributed by atoms with Crippen LogP contribution in [0.25, 0.3) is 0 Å². The summed E-state index contributed by atoms with van der Waals surface area (Å²) in [5, 5.41) is 5.68. The Labute approximate surface area is 139 Å². The molecule has 0 aliphatic rings. The monoisotopic (exact) mass is 340 g/mol. The van der Waals surface area contributed by atoms with E-state index in [1.165, 1.54) is 6.26 Å². The van der Waals surface area contributed by atoms with Crippen molar-refractivity contribution < 1.29 is 13.2 Å². The van der Waals surface area contributed by atoms with Gasteiger partial charge in [-0.1, -0.05) is 39.8 Å². The molecule has 6 heteroatoms. The van der Waals surface area contributed by atoms with Crippen LogP contribution in [0.15, 0.2) is 23.1 Å². The van der Waals surface area contributed by atoms with Crippen LogP contribution in [0.2, 0.25) is 0 Å². The number of carbonyl (C=O) groups is 1. The summed E-state index contributed by atoms with van der Waals surface area (Å²) in [6.45, 7) is 11.2. The molecule has 1 aromatic rings. The molecule has 2 N–H and O–H groups in total. The van der Waals surface area contributed by atoms with E-state index < -0.39 is 9.84 Å². The van der Waals surface area contributed by atoms with Crippen LogP contribution in [-0.2, 0) is 16.4 Å². The van der Waals surface area contributed by atoms with Gasteiger partial charge in [0.2, 0.25) is 0 Å². The third kappa shape index (κ3) is 5.86. The molecule has 1 aromatic carbocycles. The SMILES string of the molecule is Cc1cc(CNC(=O)NCC(C)(C)C(C)C)ccc1S(C)(=O)=O. The smallest absolute Gasteiger partial charge is 0.315 e. The number of urea groups is 1. The quantitative estimate of drug-likeness (QED) is 0.836. The molecule has 0 unspecified atom stereocenters. The molecule has 0 aliphatic heterocycles. The molecule has 2 amide bonds. The van der Waals surface area contributed by atoms with Crippen molar-refractivity contribution in [1.29, 1.82) is 0 Å². The van der Waals surface area contributed by atoms with Crippen molar-refractivity contribution in [3.05, 3.63) is 29.3 Å². The highest BCUT2D eigenvalue weighted by atomic mass is 32.2. The predicted octanol–water partition coefficient (Wildman–Crippen LogP) is 2.88. The molecule has 0 fully saturated rings. The van der Waals surface area contributed by atoms with Crippen LogP contribution >= 0.6 is 0 Å². The van der Waals surface area contributed by atoms with Crippen molar-refractivity contribution >= 4 is 15.9 Å². The Hall–Kier alpha value is -1.56. The largest absolute Gasteiger partial charge is 0.338 e. The second kappa shape index (κ2) is 7.34. The molecule has 0 aromatic heterocycles. The third-order valence-electron chi connectivity index (χ3n) is 4.36. The average molecular weight is 340 g/mol. The van der Waals surface area contributed by atoms with E-state index in [-0.39, 0.29) is 11.4 Å². The van der Waals surface area contributed by atoms with Gasteiger partial charge in [-0.25, -0.2) is 13.2 Å². The standard InChI is InChI=1S/C17H28N2O3S/c1-12(2)17(4,5)11-19-16(20)18-10-14-7-8-15(13(3)9-14)23(6,21)22/h7-9,12H,10-11H2,1-6H3,(H2,18,19,20). The summed E-state index contributed by atoms with van der Waals surface area (Å²) in [5.41, 5.74) is 1.59. The zero-order valence-electron chi connectivity index (χ0n) is 14.9. The lowest BCUT2D eigenvalue weighted by atomic mass is 9.81. The first-order valence-corrected chi connectivity index (χ1v) is 9.64. The van der Waals surface area contributed by atoms with Crippen LogP contribution in [0.3, 0.4) is 0 Å². The Balaban J connectivity index is 2.59. The molecule has 5 nitrogen and oxygen atoms in total. The molecule has 1 rings (SSSR count). The number of rotatable bonds is 6. The van der Waals surface area contributed by atoms with Gasteiger partial charge < -0.3 is 10.6 Å². The van der Waals surface area contributed by atoms with Gasteiger partial charge in [0.15, 0.2) is 9.84 Å². The summed E-state index contributed by atoms with van der Waals surface area (Å²) < 4.78 is 23.2. The van der Waals surface area contributed by atoms with E-state index in [1.807, 2.05) is 0 Å². The fourth-order valence-corrected chi connectivity index (χ4v) is 2.95. The van der Waals surface area contributed by atoms with Crippen LogP contribution in [0.4, 0.5) is 4.79 Å². The minimum atomic E-state index is -3.21. The lowest BCUT2D eigenvalue weighted by molar-refractivity contribution is 0.215. The first kappa shape index (κ1) is 19.5. The fraction of sp³-hybridized carbons (Fsp3) is 0.588. The Kier molecular flexibility index (Phi) is 6.22. The van der Waals surface area contributed by atoms with Gasteiger partial charge >= 0.3 is 6.03 Å². The van der Waals surface area contributed by atoms with Crippen molar-refractivity contribution in [3.8, 4) is 0 Å². The molecule has 23 heavy (non-hydrogen) atoms. The van der Waals surface area contributed by atoms with E-state index in [0.717, 1.165) is 5.56 Å². The second-order valence-corrected chi connectivity index (χ2v) is 9.04. The summed E-state index contributed by atoms with van der Waals surface area (Å²) in [6, 6.07) is 4.88. The summed E-state index contributed by atoms with van der Waals surface area (Å²) in [4.78, 5) is 12.2. The highest BCUT2D eigenvalue weighted by Gasteiger charge is 2.22. The van der Waals surface area contributed by atoms with Crippen molar-refractivity contribution in [2.75, 3.05) is 12.8 Å². The van der Waals surface area contributed by atoms with E-state index in [0.29, 0.717) is 29.5 Å². The molecule has 0 bridgehead atoms. The molecule has 0 radical (unpaired) electrons. The zero-order chi connectivity index (χ0) is 17.8. The van der Waals surface area contributed by atoms with Gasteiger partial charge in [-0.05, 0) is 35.4 Å². The maximum Gasteiger partial charge on any atom is 0.315 e. The Morgan fingerprint density at radius 3 is 2.30 bits per heavy atom. The maximum atomic E-state index is 11.9. The number of benzene rings is 1. The summed E-state index contributed by atoms with van der Waals surface area (Å²) in [7, 11) is -3.21. The van der Waals surface area contributed by atoms with Gasteiger partial charge in [0.05, 0.1) is 4.90 Å². The Bertz CT molecular complexity index is 664. The van der Waals surface area contributed by atoms with E-state index in [9.17, 15) is 13.2 Å². The van der Waals surface area contributed by atoms with E-state index in [2.05, 4.69) is 38.3 Å². The molecule has 0 saturated carbocycles. The van der Waals surface area contributed by atoms with Gasteiger partial charge in [-0.2, -0.15) is 0 Å². The minimum absolute atomic E-state index is 0.0328. The molecular weight excluding hydrogens is 312 g/mol. The van der Waals surface area contributed by atoms with Crippen molar-refractivity contribution in [3.63, 3.8) is 0 Å². The van der Waals surface area contributed by atoms with Crippen LogP contribution in [0.1, 0.15) is 38.8 Å². The second-order valence-electron chi connectivity index (χ2n) is 7.05. The normalized spacial score (nSPS) is 12.3. The molecule has 130 valence electrons. The zero-order valence-corrected chi connectivity index (χ0v) is 15.7. The number of amides is 2. The highest BCUT2D eigenvalue weighted by Crippen LogP contribution is 2.24. The number of aryl methyl sites for hydroxylation is 1. The number of hydrogen-bond acceptors (Lipinski definition) is 3. The van der Waals surface area contributed by atoms with E-state index >= 15 is 0 Å². The topological polar surface area (TPSA) is 75.3 Å². The molecule has 0 spiro atoms. The van der Waals surface area contributed by atoms with Crippen molar-refractivity contribution in [1.82, 2.24) is 10.6 Å². The number of hydrogen-bond donors (Lipinski definition) is 2. The first-order valence-electron chi connectivity index (χ1n) is 7.75. The van der Waals surface area contributed by atoms with Gasteiger partial charge in [0, 0.05) is 19.3 Å². The lowest BCUT2D eigenvalue weighted by Crippen LogP contribution is -2.42. The Morgan fingerprint density at radius 1 is 1.22 bits per heavy atom. The molecular formula is C17H28N2O3S. The van der Waals surface area contributed by atoms with Gasteiger partial charge in [0.25, 0.3) is 0 Å². The first-order chi connectivity index (χ1) is 10.4. The maximum absolute atomic E-state index is 11.9. The minimum Gasteiger partial charge on any atom is -0.338 e. The summed E-state index contributed by atoms with van der Waals surface area (Å²) >= 11 is 0. The number of nitrogens with one attached hydrogen (secondary N) is 2. The highest BCUT2D eigenvalue weighted by molar-refractivity contribution is 7.90. The van der Waals surface area contributed by atoms with E-state index in [4.69, 9.17) is 0 Å². The van der Waals surface area contributed by atoms with Crippen LogP contribution in [-0.4, -0.2) is 27.2 Å². The summed E-state index contributed by atoms with van der Waals surface area (Å²) in [6.07, 6.45) is 1.19. The van der Waals surface area contributed by atoms with Gasteiger partial charge in [-0.15, -0.1) is 0 Å². The molecule has 0 aliphatic carbocycles. The van der Waals surface area contributed by atoms with E-state index in [1.54, 1.807) is 25.1 Å². The van der Waals surface area contributed by atoms with Crippen LogP contribution < -0.4 is 10.6 Å². The number of carbonyl (C=O) groups excluding carboxylic acids is 1.